The molecule has 114 valence electrons. The van der Waals surface area contributed by atoms with Crippen LogP contribution in [0.4, 0.5) is 0 Å². The fourth-order valence-corrected chi connectivity index (χ4v) is 3.82. The van der Waals surface area contributed by atoms with Crippen LogP contribution in [0, 0.1) is 6.92 Å². The Balaban J connectivity index is 1.86. The van der Waals surface area contributed by atoms with E-state index in [0.29, 0.717) is 13.0 Å². The first-order valence-corrected chi connectivity index (χ1v) is 9.35. The van der Waals surface area contributed by atoms with Crippen LogP contribution in [-0.4, -0.2) is 30.5 Å². The molecule has 0 amide bonds. The summed E-state index contributed by atoms with van der Waals surface area (Å²) in [5.41, 5.74) is 1.98. The summed E-state index contributed by atoms with van der Waals surface area (Å²) in [5, 5.41) is 2.87. The molecule has 0 spiro atoms. The largest absolute Gasteiger partial charge is 0.245 e. The molecule has 2 rings (SSSR count). The van der Waals surface area contributed by atoms with Crippen LogP contribution in [0.15, 0.2) is 35.7 Å². The summed E-state index contributed by atoms with van der Waals surface area (Å²) >= 11 is 1.54. The molecule has 0 unspecified atom stereocenters. The number of sulfonamides is 1. The van der Waals surface area contributed by atoms with Crippen LogP contribution in [0.5, 0.6) is 0 Å². The minimum atomic E-state index is -3.22. The van der Waals surface area contributed by atoms with Crippen LogP contribution in [0.1, 0.15) is 22.7 Å². The number of thiazole rings is 1. The number of nitrogens with zero attached hydrogens (tertiary/aromatic N) is 2. The van der Waals surface area contributed by atoms with Crippen LogP contribution in [0.2, 0.25) is 0 Å². The van der Waals surface area contributed by atoms with Crippen LogP contribution in [0.3, 0.4) is 0 Å². The van der Waals surface area contributed by atoms with Gasteiger partial charge in [-0.15, -0.1) is 11.3 Å². The Bertz CT molecular complexity index is 666. The Kier molecular flexibility index (Phi) is 5.50. The number of rotatable bonds is 7. The van der Waals surface area contributed by atoms with E-state index in [0.717, 1.165) is 17.1 Å². The van der Waals surface area contributed by atoms with Gasteiger partial charge < -0.3 is 0 Å². The first-order valence-electron chi connectivity index (χ1n) is 6.86. The van der Waals surface area contributed by atoms with Crippen molar-refractivity contribution in [3.8, 4) is 0 Å². The molecule has 0 radical (unpaired) electrons. The standard InChI is InChI=1S/C15H20N2O2S2/c1-13-16-15(12-20-13)11-17(2)21(18,19)10-6-9-14-7-4-3-5-8-14/h3-5,7-8,12H,6,9-11H2,1-2H3. The van der Waals surface area contributed by atoms with E-state index in [9.17, 15) is 8.42 Å². The van der Waals surface area contributed by atoms with Gasteiger partial charge in [-0.25, -0.2) is 13.4 Å². The highest BCUT2D eigenvalue weighted by Gasteiger charge is 2.18. The molecule has 0 bridgehead atoms. The number of hydrogen-bond acceptors (Lipinski definition) is 4. The summed E-state index contributed by atoms with van der Waals surface area (Å²) < 4.78 is 25.9. The first kappa shape index (κ1) is 16.1. The molecule has 6 heteroatoms. The van der Waals surface area contributed by atoms with E-state index in [-0.39, 0.29) is 5.75 Å². The first-order chi connectivity index (χ1) is 9.97. The molecule has 0 aliphatic carbocycles. The molecule has 2 aromatic rings. The molecule has 0 saturated carbocycles. The van der Waals surface area contributed by atoms with Gasteiger partial charge in [0.1, 0.15) is 0 Å². The predicted octanol–water partition coefficient (Wildman–Crippen LogP) is 2.85. The van der Waals surface area contributed by atoms with E-state index in [1.807, 2.05) is 42.6 Å². The average molecular weight is 324 g/mol. The third-order valence-corrected chi connectivity index (χ3v) is 5.94. The van der Waals surface area contributed by atoms with E-state index in [1.54, 1.807) is 7.05 Å². The Morgan fingerprint density at radius 3 is 2.57 bits per heavy atom. The lowest BCUT2D eigenvalue weighted by molar-refractivity contribution is 0.461. The zero-order valence-corrected chi connectivity index (χ0v) is 14.0. The van der Waals surface area contributed by atoms with Crippen molar-refractivity contribution in [1.29, 1.82) is 0 Å². The van der Waals surface area contributed by atoms with Crippen molar-refractivity contribution in [3.05, 3.63) is 52.0 Å². The molecule has 0 atom stereocenters. The maximum atomic E-state index is 12.2. The van der Waals surface area contributed by atoms with Gasteiger partial charge in [0.25, 0.3) is 0 Å². The third kappa shape index (κ3) is 4.91. The summed E-state index contributed by atoms with van der Waals surface area (Å²) in [7, 11) is -1.60. The molecule has 1 aromatic heterocycles. The zero-order valence-electron chi connectivity index (χ0n) is 12.3. The molecule has 0 N–H and O–H groups in total. The Hall–Kier alpha value is -1.24. The fourth-order valence-electron chi connectivity index (χ4n) is 2.07. The van der Waals surface area contributed by atoms with E-state index in [2.05, 4.69) is 4.98 Å². The number of aromatic nitrogens is 1. The van der Waals surface area contributed by atoms with Crippen LogP contribution < -0.4 is 0 Å². The molecule has 1 heterocycles. The highest BCUT2D eigenvalue weighted by Crippen LogP contribution is 2.13. The third-order valence-electron chi connectivity index (χ3n) is 3.24. The zero-order chi connectivity index (χ0) is 15.3. The van der Waals surface area contributed by atoms with E-state index >= 15 is 0 Å². The second kappa shape index (κ2) is 7.15. The van der Waals surface area contributed by atoms with E-state index in [1.165, 1.54) is 21.2 Å². The second-order valence-corrected chi connectivity index (χ2v) is 8.28. The van der Waals surface area contributed by atoms with Crippen molar-refractivity contribution in [1.82, 2.24) is 9.29 Å². The Morgan fingerprint density at radius 2 is 1.95 bits per heavy atom. The van der Waals surface area contributed by atoms with Crippen molar-refractivity contribution in [2.75, 3.05) is 12.8 Å². The van der Waals surface area contributed by atoms with Crippen LogP contribution in [-0.2, 0) is 23.0 Å². The van der Waals surface area contributed by atoms with Gasteiger partial charge >= 0.3 is 0 Å². The van der Waals surface area contributed by atoms with Crippen molar-refractivity contribution in [3.63, 3.8) is 0 Å². The highest BCUT2D eigenvalue weighted by atomic mass is 32.2. The lowest BCUT2D eigenvalue weighted by atomic mass is 10.1. The highest BCUT2D eigenvalue weighted by molar-refractivity contribution is 7.89. The Labute approximate surface area is 130 Å². The minimum Gasteiger partial charge on any atom is -0.245 e. The quantitative estimate of drug-likeness (QED) is 0.787. The van der Waals surface area contributed by atoms with Crippen molar-refractivity contribution in [2.45, 2.75) is 26.3 Å². The summed E-state index contributed by atoms with van der Waals surface area (Å²) in [6.45, 7) is 2.26. The summed E-state index contributed by atoms with van der Waals surface area (Å²) in [4.78, 5) is 4.30. The molecule has 1 aromatic carbocycles. The monoisotopic (exact) mass is 324 g/mol. The van der Waals surface area contributed by atoms with Gasteiger partial charge in [-0.2, -0.15) is 4.31 Å². The average Bonchev–Trinajstić information content (AvgIpc) is 2.85. The van der Waals surface area contributed by atoms with Gasteiger partial charge in [-0.05, 0) is 25.3 Å². The maximum absolute atomic E-state index is 12.2. The summed E-state index contributed by atoms with van der Waals surface area (Å²) in [6, 6.07) is 9.95. The number of hydrogen-bond donors (Lipinski definition) is 0. The molecule has 0 saturated heterocycles. The smallest absolute Gasteiger partial charge is 0.214 e. The van der Waals surface area contributed by atoms with E-state index < -0.39 is 10.0 Å². The number of aryl methyl sites for hydroxylation is 2. The van der Waals surface area contributed by atoms with Gasteiger partial charge in [-0.1, -0.05) is 30.3 Å². The van der Waals surface area contributed by atoms with Gasteiger partial charge in [0, 0.05) is 12.4 Å². The van der Waals surface area contributed by atoms with E-state index in [4.69, 9.17) is 0 Å². The lowest BCUT2D eigenvalue weighted by Gasteiger charge is -2.15. The van der Waals surface area contributed by atoms with Crippen LogP contribution in [0.25, 0.3) is 0 Å². The number of benzene rings is 1. The Morgan fingerprint density at radius 1 is 1.24 bits per heavy atom. The van der Waals surface area contributed by atoms with Gasteiger partial charge in [0.2, 0.25) is 10.0 Å². The van der Waals surface area contributed by atoms with Crippen molar-refractivity contribution in [2.24, 2.45) is 0 Å². The molecular weight excluding hydrogens is 304 g/mol. The van der Waals surface area contributed by atoms with Gasteiger partial charge in [-0.3, -0.25) is 0 Å². The molecule has 4 nitrogen and oxygen atoms in total. The van der Waals surface area contributed by atoms with Gasteiger partial charge in [0.05, 0.1) is 23.0 Å². The van der Waals surface area contributed by atoms with Crippen molar-refractivity contribution >= 4 is 21.4 Å². The maximum Gasteiger partial charge on any atom is 0.214 e. The fraction of sp³-hybridized carbons (Fsp3) is 0.400. The molecule has 0 aliphatic rings. The predicted molar refractivity (Wildman–Crippen MR) is 86.9 cm³/mol. The lowest BCUT2D eigenvalue weighted by Crippen LogP contribution is -2.29. The summed E-state index contributed by atoms with van der Waals surface area (Å²) in [5.74, 6) is 0.168. The normalized spacial score (nSPS) is 12.0. The van der Waals surface area contributed by atoms with Crippen molar-refractivity contribution < 1.29 is 8.42 Å². The van der Waals surface area contributed by atoms with Crippen LogP contribution >= 0.6 is 11.3 Å². The van der Waals surface area contributed by atoms with Gasteiger partial charge in [0.15, 0.2) is 0 Å². The SMILES string of the molecule is Cc1nc(CN(C)S(=O)(=O)CCCc2ccccc2)cs1. The molecule has 0 fully saturated rings. The minimum absolute atomic E-state index is 0.168. The molecular formula is C15H20N2O2S2. The second-order valence-electron chi connectivity index (χ2n) is 5.02. The summed E-state index contributed by atoms with van der Waals surface area (Å²) in [6.07, 6.45) is 1.41. The molecule has 0 aliphatic heterocycles. The topological polar surface area (TPSA) is 50.3 Å². The molecule has 21 heavy (non-hydrogen) atoms.